The van der Waals surface area contributed by atoms with Gasteiger partial charge in [0, 0.05) is 24.5 Å². The van der Waals surface area contributed by atoms with Crippen LogP contribution in [0.2, 0.25) is 5.02 Å². The summed E-state index contributed by atoms with van der Waals surface area (Å²) < 4.78 is 7.00. The zero-order chi connectivity index (χ0) is 17.3. The van der Waals surface area contributed by atoms with E-state index in [1.54, 1.807) is 6.20 Å². The average Bonchev–Trinajstić information content (AvgIpc) is 2.94. The molecule has 3 rings (SSSR count). The fraction of sp³-hybridized carbons (Fsp3) is 0.125. The number of hydrogen-bond acceptors (Lipinski definition) is 5. The van der Waals surface area contributed by atoms with Crippen molar-refractivity contribution in [1.29, 1.82) is 0 Å². The van der Waals surface area contributed by atoms with E-state index in [0.29, 0.717) is 5.69 Å². The number of imidazole rings is 1. The van der Waals surface area contributed by atoms with Crippen molar-refractivity contribution in [3.8, 4) is 0 Å². The lowest BCUT2D eigenvalue weighted by molar-refractivity contribution is -0.384. The van der Waals surface area contributed by atoms with Gasteiger partial charge in [-0.05, 0) is 24.6 Å². The van der Waals surface area contributed by atoms with Gasteiger partial charge in [0.25, 0.3) is 5.69 Å². The smallest absolute Gasteiger partial charge is 0.340 e. The topological polar surface area (TPSA) is 86.7 Å². The van der Waals surface area contributed by atoms with Crippen molar-refractivity contribution in [3.05, 3.63) is 74.7 Å². The molecule has 7 nitrogen and oxygen atoms in total. The molecule has 2 heterocycles. The maximum atomic E-state index is 12.1. The number of pyridine rings is 1. The number of nitro benzene ring substituents is 1. The Kier molecular flexibility index (Phi) is 4.18. The summed E-state index contributed by atoms with van der Waals surface area (Å²) in [6.07, 6.45) is 3.66. The lowest BCUT2D eigenvalue weighted by Gasteiger charge is -2.04. The number of non-ortho nitro benzene ring substituents is 1. The second-order valence-electron chi connectivity index (χ2n) is 5.20. The van der Waals surface area contributed by atoms with Crippen LogP contribution in [0.25, 0.3) is 5.65 Å². The van der Waals surface area contributed by atoms with E-state index in [0.717, 1.165) is 17.3 Å². The first kappa shape index (κ1) is 15.9. The first-order valence-corrected chi connectivity index (χ1v) is 7.37. The Labute approximate surface area is 141 Å². The van der Waals surface area contributed by atoms with Crippen molar-refractivity contribution in [3.63, 3.8) is 0 Å². The first-order chi connectivity index (χ1) is 11.4. The van der Waals surface area contributed by atoms with Crippen molar-refractivity contribution >= 4 is 28.9 Å². The van der Waals surface area contributed by atoms with Gasteiger partial charge in [0.1, 0.15) is 12.3 Å². The number of aromatic nitrogens is 2. The molecule has 24 heavy (non-hydrogen) atoms. The van der Waals surface area contributed by atoms with Crippen LogP contribution in [0.3, 0.4) is 0 Å². The van der Waals surface area contributed by atoms with Gasteiger partial charge >= 0.3 is 5.97 Å². The minimum atomic E-state index is -0.739. The Morgan fingerprint density at radius 3 is 2.88 bits per heavy atom. The highest BCUT2D eigenvalue weighted by molar-refractivity contribution is 6.33. The predicted octanol–water partition coefficient (Wildman–Crippen LogP) is 3.56. The molecule has 0 bridgehead atoms. The summed E-state index contributed by atoms with van der Waals surface area (Å²) in [6, 6.07) is 7.41. The third kappa shape index (κ3) is 3.21. The third-order valence-corrected chi connectivity index (χ3v) is 3.71. The minimum Gasteiger partial charge on any atom is -0.455 e. The molecule has 0 aliphatic heterocycles. The lowest BCUT2D eigenvalue weighted by Crippen LogP contribution is -2.07. The van der Waals surface area contributed by atoms with Gasteiger partial charge in [0.15, 0.2) is 0 Å². The van der Waals surface area contributed by atoms with E-state index in [-0.39, 0.29) is 22.9 Å². The molecule has 0 aliphatic rings. The average molecular weight is 346 g/mol. The molecule has 0 spiro atoms. The van der Waals surface area contributed by atoms with Gasteiger partial charge in [-0.1, -0.05) is 17.7 Å². The van der Waals surface area contributed by atoms with Gasteiger partial charge in [-0.3, -0.25) is 10.1 Å². The second kappa shape index (κ2) is 6.29. The van der Waals surface area contributed by atoms with Crippen LogP contribution < -0.4 is 0 Å². The van der Waals surface area contributed by atoms with Gasteiger partial charge in [0.2, 0.25) is 0 Å². The molecule has 0 unspecified atom stereocenters. The molecule has 0 fully saturated rings. The van der Waals surface area contributed by atoms with E-state index in [9.17, 15) is 14.9 Å². The minimum absolute atomic E-state index is 0.0505. The van der Waals surface area contributed by atoms with E-state index in [2.05, 4.69) is 4.98 Å². The number of aryl methyl sites for hydroxylation is 1. The Morgan fingerprint density at radius 2 is 2.12 bits per heavy atom. The highest BCUT2D eigenvalue weighted by Gasteiger charge is 2.17. The Balaban J connectivity index is 1.77. The van der Waals surface area contributed by atoms with Crippen LogP contribution in [0, 0.1) is 17.0 Å². The van der Waals surface area contributed by atoms with Crippen LogP contribution in [0.4, 0.5) is 5.69 Å². The molecule has 0 aliphatic carbocycles. The molecule has 0 N–H and O–H groups in total. The maximum Gasteiger partial charge on any atom is 0.340 e. The number of carbonyl (C=O) groups excluding carboxylic acids is 1. The van der Waals surface area contributed by atoms with Gasteiger partial charge < -0.3 is 9.14 Å². The maximum absolute atomic E-state index is 12.1. The normalized spacial score (nSPS) is 10.8. The van der Waals surface area contributed by atoms with E-state index in [4.69, 9.17) is 16.3 Å². The third-order valence-electron chi connectivity index (χ3n) is 3.38. The van der Waals surface area contributed by atoms with Crippen molar-refractivity contribution in [1.82, 2.24) is 9.38 Å². The first-order valence-electron chi connectivity index (χ1n) is 6.99. The SMILES string of the molecule is Cc1ccc2nc(COC(=O)c3cc([N+](=O)[O-])ccc3Cl)cn2c1. The van der Waals surface area contributed by atoms with Gasteiger partial charge in [-0.25, -0.2) is 9.78 Å². The predicted molar refractivity (Wildman–Crippen MR) is 87.2 cm³/mol. The standard InChI is InChI=1S/C16H12ClN3O4/c1-10-2-5-15-18-11(8-19(15)7-10)9-24-16(21)13-6-12(20(22)23)3-4-14(13)17/h2-8H,9H2,1H3. The molecule has 0 saturated heterocycles. The number of nitrogens with zero attached hydrogens (tertiary/aromatic N) is 3. The Morgan fingerprint density at radius 1 is 1.33 bits per heavy atom. The summed E-state index contributed by atoms with van der Waals surface area (Å²) in [5, 5.41) is 10.9. The van der Waals surface area contributed by atoms with Gasteiger partial charge in [0.05, 0.1) is 21.2 Å². The molecule has 0 saturated carbocycles. The van der Waals surface area contributed by atoms with Crippen LogP contribution in [0.1, 0.15) is 21.6 Å². The summed E-state index contributed by atoms with van der Waals surface area (Å²) in [5.41, 5.74) is 2.10. The number of hydrogen-bond donors (Lipinski definition) is 0. The summed E-state index contributed by atoms with van der Waals surface area (Å²) in [5.74, 6) is -0.739. The number of fused-ring (bicyclic) bond motifs is 1. The van der Waals surface area contributed by atoms with Crippen LogP contribution in [-0.4, -0.2) is 20.3 Å². The number of esters is 1. The molecule has 1 aromatic carbocycles. The summed E-state index contributed by atoms with van der Waals surface area (Å²) >= 11 is 5.92. The van der Waals surface area contributed by atoms with E-state index < -0.39 is 10.9 Å². The number of ether oxygens (including phenoxy) is 1. The van der Waals surface area contributed by atoms with Crippen LogP contribution in [0.5, 0.6) is 0 Å². The molecule has 0 atom stereocenters. The Hall–Kier alpha value is -2.93. The van der Waals surface area contributed by atoms with Gasteiger partial charge in [-0.2, -0.15) is 0 Å². The molecular formula is C16H12ClN3O4. The van der Waals surface area contributed by atoms with E-state index in [1.165, 1.54) is 12.1 Å². The van der Waals surface area contributed by atoms with Crippen LogP contribution in [0.15, 0.2) is 42.7 Å². The van der Waals surface area contributed by atoms with Crippen LogP contribution in [-0.2, 0) is 11.3 Å². The molecule has 8 heteroatoms. The van der Waals surface area contributed by atoms with Crippen molar-refractivity contribution < 1.29 is 14.5 Å². The number of halogens is 1. The molecule has 0 amide bonds. The fourth-order valence-electron chi connectivity index (χ4n) is 2.23. The van der Waals surface area contributed by atoms with Crippen molar-refractivity contribution in [2.75, 3.05) is 0 Å². The number of benzene rings is 1. The van der Waals surface area contributed by atoms with Crippen LogP contribution >= 0.6 is 11.6 Å². The van der Waals surface area contributed by atoms with Gasteiger partial charge in [-0.15, -0.1) is 0 Å². The number of nitro groups is 1. The molecule has 0 radical (unpaired) electrons. The largest absolute Gasteiger partial charge is 0.455 e. The highest BCUT2D eigenvalue weighted by atomic mass is 35.5. The summed E-state index contributed by atoms with van der Waals surface area (Å²) in [7, 11) is 0. The highest BCUT2D eigenvalue weighted by Crippen LogP contribution is 2.23. The lowest BCUT2D eigenvalue weighted by atomic mass is 10.2. The molecule has 2 aromatic heterocycles. The second-order valence-corrected chi connectivity index (χ2v) is 5.61. The van der Waals surface area contributed by atoms with E-state index in [1.807, 2.05) is 29.7 Å². The molecular weight excluding hydrogens is 334 g/mol. The van der Waals surface area contributed by atoms with E-state index >= 15 is 0 Å². The van der Waals surface area contributed by atoms with Crippen molar-refractivity contribution in [2.24, 2.45) is 0 Å². The zero-order valence-electron chi connectivity index (χ0n) is 12.6. The molecule has 122 valence electrons. The summed E-state index contributed by atoms with van der Waals surface area (Å²) in [6.45, 7) is 1.90. The fourth-order valence-corrected chi connectivity index (χ4v) is 2.42. The zero-order valence-corrected chi connectivity index (χ0v) is 13.4. The summed E-state index contributed by atoms with van der Waals surface area (Å²) in [4.78, 5) is 26.6. The Bertz CT molecular complexity index is 952. The molecule has 3 aromatic rings. The monoisotopic (exact) mass is 345 g/mol. The quantitative estimate of drug-likeness (QED) is 0.410. The number of rotatable bonds is 4. The number of carbonyl (C=O) groups is 1. The van der Waals surface area contributed by atoms with Crippen molar-refractivity contribution in [2.45, 2.75) is 13.5 Å².